The smallest absolute Gasteiger partial charge is 0.224 e. The Morgan fingerprint density at radius 2 is 1.94 bits per heavy atom. The van der Waals surface area contributed by atoms with Gasteiger partial charge in [0.05, 0.1) is 0 Å². The molecule has 1 aromatic heterocycles. The number of nitrogen functional groups attached to an aromatic ring is 1. The molecule has 1 aromatic rings. The Morgan fingerprint density at radius 3 is 2.44 bits per heavy atom. The zero-order chi connectivity index (χ0) is 13.8. The largest absolute Gasteiger partial charge is 0.396 e. The second-order valence-corrected chi connectivity index (χ2v) is 4.42. The standard InChI is InChI=1S/C7H10ClN3.C6H14O/c1-2-3-5-4-10-7(8)11-6(5)9;1-2-3-4-5-6-7/h4H,2-3H2,1H3,(H2,9,10,11);7H,2-6H2,1H3. The molecule has 5 heteroatoms. The van der Waals surface area contributed by atoms with E-state index < -0.39 is 0 Å². The van der Waals surface area contributed by atoms with E-state index in [9.17, 15) is 0 Å². The SMILES string of the molecule is CCCCCCO.CCCc1cnc(Cl)nc1N. The zero-order valence-corrected chi connectivity index (χ0v) is 12.1. The molecular formula is C13H24ClN3O. The van der Waals surface area contributed by atoms with Gasteiger partial charge in [0, 0.05) is 18.4 Å². The molecule has 0 atom stereocenters. The first kappa shape index (κ1) is 17.1. The number of aromatic nitrogens is 2. The maximum absolute atomic E-state index is 8.29. The minimum absolute atomic E-state index is 0.211. The summed E-state index contributed by atoms with van der Waals surface area (Å²) < 4.78 is 0. The number of rotatable bonds is 6. The predicted octanol–water partition coefficient (Wildman–Crippen LogP) is 3.22. The highest BCUT2D eigenvalue weighted by Crippen LogP contribution is 2.11. The predicted molar refractivity (Wildman–Crippen MR) is 76.7 cm³/mol. The van der Waals surface area contributed by atoms with Crippen LogP contribution < -0.4 is 5.73 Å². The first-order chi connectivity index (χ1) is 8.65. The summed E-state index contributed by atoms with van der Waals surface area (Å²) >= 11 is 5.51. The van der Waals surface area contributed by atoms with Gasteiger partial charge in [0.1, 0.15) is 5.82 Å². The molecule has 0 aliphatic carbocycles. The Bertz CT molecular complexity index is 317. The minimum Gasteiger partial charge on any atom is -0.396 e. The Balaban J connectivity index is 0.000000360. The van der Waals surface area contributed by atoms with Crippen molar-refractivity contribution >= 4 is 17.4 Å². The molecule has 0 aliphatic heterocycles. The number of hydrogen-bond acceptors (Lipinski definition) is 4. The Hall–Kier alpha value is -0.870. The lowest BCUT2D eigenvalue weighted by molar-refractivity contribution is 0.283. The van der Waals surface area contributed by atoms with Crippen molar-refractivity contribution in [3.8, 4) is 0 Å². The second-order valence-electron chi connectivity index (χ2n) is 4.08. The molecule has 0 radical (unpaired) electrons. The number of hydrogen-bond donors (Lipinski definition) is 2. The molecule has 0 aromatic carbocycles. The van der Waals surface area contributed by atoms with E-state index in [0.717, 1.165) is 24.8 Å². The van der Waals surface area contributed by atoms with Crippen LogP contribution in [-0.2, 0) is 6.42 Å². The first-order valence-electron chi connectivity index (χ1n) is 6.53. The molecule has 0 saturated heterocycles. The number of aryl methyl sites for hydroxylation is 1. The van der Waals surface area contributed by atoms with Crippen LogP contribution in [0.1, 0.15) is 51.5 Å². The van der Waals surface area contributed by atoms with Crippen molar-refractivity contribution in [3.63, 3.8) is 0 Å². The lowest BCUT2D eigenvalue weighted by Gasteiger charge is -2.00. The fraction of sp³-hybridized carbons (Fsp3) is 0.692. The molecule has 0 fully saturated rings. The highest BCUT2D eigenvalue weighted by molar-refractivity contribution is 6.28. The summed E-state index contributed by atoms with van der Waals surface area (Å²) in [4.78, 5) is 7.66. The molecule has 0 unspecified atom stereocenters. The average molecular weight is 274 g/mol. The number of halogens is 1. The highest BCUT2D eigenvalue weighted by Gasteiger charge is 2.00. The second kappa shape index (κ2) is 11.2. The van der Waals surface area contributed by atoms with Gasteiger partial charge in [-0.05, 0) is 24.4 Å². The van der Waals surface area contributed by atoms with Gasteiger partial charge in [-0.3, -0.25) is 0 Å². The van der Waals surface area contributed by atoms with E-state index in [2.05, 4.69) is 23.8 Å². The third kappa shape index (κ3) is 8.25. The number of aliphatic hydroxyl groups is 1. The van der Waals surface area contributed by atoms with Gasteiger partial charge in [0.25, 0.3) is 0 Å². The Labute approximate surface area is 115 Å². The van der Waals surface area contributed by atoms with Crippen LogP contribution in [0.25, 0.3) is 0 Å². The number of nitrogens with two attached hydrogens (primary N) is 1. The van der Waals surface area contributed by atoms with Gasteiger partial charge in [-0.25, -0.2) is 9.97 Å². The highest BCUT2D eigenvalue weighted by atomic mass is 35.5. The molecule has 1 heterocycles. The van der Waals surface area contributed by atoms with Gasteiger partial charge in [-0.15, -0.1) is 0 Å². The van der Waals surface area contributed by atoms with Crippen LogP contribution >= 0.6 is 11.6 Å². The van der Waals surface area contributed by atoms with Gasteiger partial charge < -0.3 is 10.8 Å². The molecule has 0 amide bonds. The molecule has 0 aliphatic rings. The summed E-state index contributed by atoms with van der Waals surface area (Å²) in [7, 11) is 0. The van der Waals surface area contributed by atoms with Crippen molar-refractivity contribution in [2.45, 2.75) is 52.4 Å². The van der Waals surface area contributed by atoms with Gasteiger partial charge in [0.15, 0.2) is 0 Å². The molecule has 18 heavy (non-hydrogen) atoms. The number of anilines is 1. The van der Waals surface area contributed by atoms with E-state index in [1.165, 1.54) is 19.3 Å². The van der Waals surface area contributed by atoms with Crippen LogP contribution in [0, 0.1) is 0 Å². The van der Waals surface area contributed by atoms with Gasteiger partial charge >= 0.3 is 0 Å². The quantitative estimate of drug-likeness (QED) is 0.617. The van der Waals surface area contributed by atoms with E-state index in [4.69, 9.17) is 22.4 Å². The van der Waals surface area contributed by atoms with Crippen molar-refractivity contribution in [3.05, 3.63) is 17.0 Å². The van der Waals surface area contributed by atoms with Gasteiger partial charge in [0.2, 0.25) is 5.28 Å². The maximum atomic E-state index is 8.29. The van der Waals surface area contributed by atoms with Crippen molar-refractivity contribution < 1.29 is 5.11 Å². The third-order valence-corrected chi connectivity index (χ3v) is 2.58. The van der Waals surface area contributed by atoms with Crippen LogP contribution in [0.3, 0.4) is 0 Å². The monoisotopic (exact) mass is 273 g/mol. The van der Waals surface area contributed by atoms with E-state index >= 15 is 0 Å². The van der Waals surface area contributed by atoms with Crippen LogP contribution in [0.5, 0.6) is 0 Å². The molecule has 0 saturated carbocycles. The molecule has 104 valence electrons. The summed E-state index contributed by atoms with van der Waals surface area (Å²) in [6.07, 6.45) is 8.30. The van der Waals surface area contributed by atoms with Crippen molar-refractivity contribution in [1.82, 2.24) is 9.97 Å². The van der Waals surface area contributed by atoms with E-state index in [-0.39, 0.29) is 5.28 Å². The first-order valence-corrected chi connectivity index (χ1v) is 6.91. The zero-order valence-electron chi connectivity index (χ0n) is 11.3. The fourth-order valence-corrected chi connectivity index (χ4v) is 1.54. The van der Waals surface area contributed by atoms with Crippen molar-refractivity contribution in [1.29, 1.82) is 0 Å². The average Bonchev–Trinajstić information content (AvgIpc) is 2.35. The number of unbranched alkanes of at least 4 members (excludes halogenated alkanes) is 3. The summed E-state index contributed by atoms with van der Waals surface area (Å²) in [5, 5.41) is 8.50. The molecule has 4 nitrogen and oxygen atoms in total. The Morgan fingerprint density at radius 1 is 1.22 bits per heavy atom. The number of nitrogens with zero attached hydrogens (tertiary/aromatic N) is 2. The van der Waals surface area contributed by atoms with E-state index in [0.29, 0.717) is 12.4 Å². The fourth-order valence-electron chi connectivity index (χ4n) is 1.40. The number of aliphatic hydroxyl groups excluding tert-OH is 1. The van der Waals surface area contributed by atoms with Crippen LogP contribution in [0.15, 0.2) is 6.20 Å². The van der Waals surface area contributed by atoms with Gasteiger partial charge in [-0.1, -0.05) is 39.5 Å². The van der Waals surface area contributed by atoms with Crippen molar-refractivity contribution in [2.75, 3.05) is 12.3 Å². The lowest BCUT2D eigenvalue weighted by Crippen LogP contribution is -1.99. The van der Waals surface area contributed by atoms with E-state index in [1.54, 1.807) is 6.20 Å². The summed E-state index contributed by atoms with van der Waals surface area (Å²) in [6, 6.07) is 0. The normalized spacial score (nSPS) is 9.78. The van der Waals surface area contributed by atoms with E-state index in [1.807, 2.05) is 0 Å². The van der Waals surface area contributed by atoms with Crippen LogP contribution in [0.2, 0.25) is 5.28 Å². The van der Waals surface area contributed by atoms with Gasteiger partial charge in [-0.2, -0.15) is 0 Å². The molecular weight excluding hydrogens is 250 g/mol. The minimum atomic E-state index is 0.211. The molecule has 0 bridgehead atoms. The summed E-state index contributed by atoms with van der Waals surface area (Å²) in [5.41, 5.74) is 6.54. The molecule has 0 spiro atoms. The summed E-state index contributed by atoms with van der Waals surface area (Å²) in [5.74, 6) is 0.492. The Kier molecular flexibility index (Phi) is 10.7. The molecule has 3 N–H and O–H groups in total. The topological polar surface area (TPSA) is 72.0 Å². The summed E-state index contributed by atoms with van der Waals surface area (Å²) in [6.45, 7) is 4.60. The van der Waals surface area contributed by atoms with Crippen LogP contribution in [0.4, 0.5) is 5.82 Å². The third-order valence-electron chi connectivity index (χ3n) is 2.40. The molecule has 1 rings (SSSR count). The van der Waals surface area contributed by atoms with Crippen LogP contribution in [-0.4, -0.2) is 21.7 Å². The van der Waals surface area contributed by atoms with Crippen molar-refractivity contribution in [2.24, 2.45) is 0 Å². The lowest BCUT2D eigenvalue weighted by atomic mass is 10.2. The maximum Gasteiger partial charge on any atom is 0.224 e.